The molecule has 0 N–H and O–H groups in total. The lowest BCUT2D eigenvalue weighted by atomic mass is 10.1. The number of aryl methyl sites for hydroxylation is 1. The lowest BCUT2D eigenvalue weighted by Gasteiger charge is -2.20. The zero-order valence-electron chi connectivity index (χ0n) is 15.8. The fourth-order valence-corrected chi connectivity index (χ4v) is 3.37. The molecule has 1 unspecified atom stereocenters. The van der Waals surface area contributed by atoms with E-state index >= 15 is 0 Å². The van der Waals surface area contributed by atoms with E-state index in [-0.39, 0.29) is 29.0 Å². The Balaban J connectivity index is 1.51. The van der Waals surface area contributed by atoms with E-state index in [1.54, 1.807) is 49.4 Å². The molecule has 4 rings (SSSR count). The van der Waals surface area contributed by atoms with Crippen molar-refractivity contribution in [1.29, 1.82) is 0 Å². The molecule has 0 fully saturated rings. The second-order valence-corrected chi connectivity index (χ2v) is 6.76. The third-order valence-corrected chi connectivity index (χ3v) is 4.85. The van der Waals surface area contributed by atoms with Gasteiger partial charge in [0, 0.05) is 11.8 Å². The third kappa shape index (κ3) is 3.08. The average Bonchev–Trinajstić information content (AvgIpc) is 2.96. The largest absolute Gasteiger partial charge is 0.458 e. The van der Waals surface area contributed by atoms with Crippen molar-refractivity contribution in [2.45, 2.75) is 26.5 Å². The molecule has 3 aromatic rings. The first kappa shape index (κ1) is 18.5. The van der Waals surface area contributed by atoms with E-state index in [1.807, 2.05) is 0 Å². The number of amides is 2. The lowest BCUT2D eigenvalue weighted by Crippen LogP contribution is -2.43. The van der Waals surface area contributed by atoms with Gasteiger partial charge in [0.15, 0.2) is 0 Å². The molecule has 0 aliphatic carbocycles. The number of imide groups is 1. The summed E-state index contributed by atoms with van der Waals surface area (Å²) in [5, 5.41) is 0. The molecule has 1 aliphatic rings. The van der Waals surface area contributed by atoms with Gasteiger partial charge in [0.2, 0.25) is 0 Å². The van der Waals surface area contributed by atoms with Crippen LogP contribution < -0.4 is 5.56 Å². The Morgan fingerprint density at radius 2 is 1.69 bits per heavy atom. The molecule has 8 nitrogen and oxygen atoms in total. The van der Waals surface area contributed by atoms with E-state index < -0.39 is 23.8 Å². The van der Waals surface area contributed by atoms with Crippen LogP contribution >= 0.6 is 0 Å². The molecule has 0 radical (unpaired) electrons. The Bertz CT molecular complexity index is 1200. The summed E-state index contributed by atoms with van der Waals surface area (Å²) in [7, 11) is 0. The van der Waals surface area contributed by atoms with Gasteiger partial charge in [0.1, 0.15) is 18.3 Å². The molecule has 2 amide bonds. The van der Waals surface area contributed by atoms with Crippen LogP contribution in [0.25, 0.3) is 5.65 Å². The molecule has 0 saturated carbocycles. The van der Waals surface area contributed by atoms with Crippen LogP contribution in [-0.4, -0.2) is 38.1 Å². The minimum Gasteiger partial charge on any atom is -0.458 e. The number of aromatic nitrogens is 2. The van der Waals surface area contributed by atoms with Crippen LogP contribution in [0.15, 0.2) is 53.3 Å². The second kappa shape index (κ2) is 6.97. The van der Waals surface area contributed by atoms with E-state index in [4.69, 9.17) is 4.74 Å². The summed E-state index contributed by atoms with van der Waals surface area (Å²) in [6.07, 6.45) is 0. The molecule has 0 spiro atoms. The standard InChI is InChI=1S/C21H17N3O5/c1-12-6-5-9-17-22-14(10-18(25)23(12)17)11-29-21(28)13(2)24-19(26)15-7-3-4-8-16(15)20(24)27/h3-10,13H,11H2,1-2H3. The van der Waals surface area contributed by atoms with Crippen LogP contribution in [0.5, 0.6) is 0 Å². The normalized spacial score (nSPS) is 14.2. The Morgan fingerprint density at radius 1 is 1.03 bits per heavy atom. The van der Waals surface area contributed by atoms with Crippen LogP contribution in [0, 0.1) is 6.92 Å². The molecule has 1 aliphatic heterocycles. The van der Waals surface area contributed by atoms with E-state index in [0.717, 1.165) is 10.6 Å². The van der Waals surface area contributed by atoms with E-state index in [2.05, 4.69) is 4.98 Å². The van der Waals surface area contributed by atoms with Crippen molar-refractivity contribution < 1.29 is 19.1 Å². The number of carbonyl (C=O) groups is 3. The first-order valence-corrected chi connectivity index (χ1v) is 9.00. The maximum atomic E-state index is 12.5. The second-order valence-electron chi connectivity index (χ2n) is 6.76. The summed E-state index contributed by atoms with van der Waals surface area (Å²) >= 11 is 0. The summed E-state index contributed by atoms with van der Waals surface area (Å²) < 4.78 is 6.69. The quantitative estimate of drug-likeness (QED) is 0.496. The Hall–Kier alpha value is -3.81. The number of esters is 1. The van der Waals surface area contributed by atoms with Crippen LogP contribution in [0.3, 0.4) is 0 Å². The van der Waals surface area contributed by atoms with Crippen molar-refractivity contribution in [1.82, 2.24) is 14.3 Å². The van der Waals surface area contributed by atoms with Crippen LogP contribution in [0.4, 0.5) is 0 Å². The highest BCUT2D eigenvalue weighted by molar-refractivity contribution is 6.22. The van der Waals surface area contributed by atoms with E-state index in [0.29, 0.717) is 5.65 Å². The van der Waals surface area contributed by atoms with E-state index in [9.17, 15) is 19.2 Å². The van der Waals surface area contributed by atoms with Gasteiger partial charge >= 0.3 is 5.97 Å². The van der Waals surface area contributed by atoms with Gasteiger partial charge in [-0.2, -0.15) is 0 Å². The number of rotatable bonds is 4. The molecular weight excluding hydrogens is 374 g/mol. The maximum absolute atomic E-state index is 12.5. The van der Waals surface area contributed by atoms with Crippen LogP contribution in [0.2, 0.25) is 0 Å². The number of hydrogen-bond donors (Lipinski definition) is 0. The molecule has 8 heteroatoms. The molecule has 0 saturated heterocycles. The van der Waals surface area contributed by atoms with Gasteiger partial charge in [-0.3, -0.25) is 23.7 Å². The molecule has 1 aromatic carbocycles. The number of pyridine rings is 1. The molecular formula is C21H17N3O5. The number of ether oxygens (including phenoxy) is 1. The molecule has 29 heavy (non-hydrogen) atoms. The SMILES string of the molecule is Cc1cccc2nc(COC(=O)C(C)N3C(=O)c4ccccc4C3=O)cc(=O)n12. The van der Waals surface area contributed by atoms with Gasteiger partial charge < -0.3 is 4.74 Å². The first-order chi connectivity index (χ1) is 13.9. The minimum absolute atomic E-state index is 0.244. The highest BCUT2D eigenvalue weighted by Gasteiger charge is 2.41. The molecule has 2 aromatic heterocycles. The zero-order chi connectivity index (χ0) is 20.7. The van der Waals surface area contributed by atoms with Gasteiger partial charge in [0.05, 0.1) is 16.8 Å². The highest BCUT2D eigenvalue weighted by atomic mass is 16.5. The van der Waals surface area contributed by atoms with Gasteiger partial charge in [0.25, 0.3) is 17.4 Å². The van der Waals surface area contributed by atoms with Crippen molar-refractivity contribution in [2.24, 2.45) is 0 Å². The van der Waals surface area contributed by atoms with Crippen LogP contribution in [-0.2, 0) is 16.1 Å². The lowest BCUT2D eigenvalue weighted by molar-refractivity contribution is -0.149. The smallest absolute Gasteiger partial charge is 0.329 e. The van der Waals surface area contributed by atoms with Gasteiger partial charge in [-0.15, -0.1) is 0 Å². The number of fused-ring (bicyclic) bond motifs is 2. The predicted octanol–water partition coefficient (Wildman–Crippen LogP) is 1.73. The van der Waals surface area contributed by atoms with Gasteiger partial charge in [-0.05, 0) is 38.1 Å². The summed E-state index contributed by atoms with van der Waals surface area (Å²) in [5.74, 6) is -1.83. The van der Waals surface area contributed by atoms with Gasteiger partial charge in [-0.1, -0.05) is 18.2 Å². The fourth-order valence-electron chi connectivity index (χ4n) is 3.37. The Kier molecular flexibility index (Phi) is 4.46. The number of nitrogens with zero attached hydrogens (tertiary/aromatic N) is 3. The summed E-state index contributed by atoms with van der Waals surface area (Å²) in [6, 6.07) is 11.8. The molecule has 0 bridgehead atoms. The van der Waals surface area contributed by atoms with Gasteiger partial charge in [-0.25, -0.2) is 9.78 Å². The van der Waals surface area contributed by atoms with Crippen LogP contribution in [0.1, 0.15) is 39.0 Å². The predicted molar refractivity (Wildman–Crippen MR) is 102 cm³/mol. The number of hydrogen-bond acceptors (Lipinski definition) is 6. The number of benzene rings is 1. The van der Waals surface area contributed by atoms with Crippen molar-refractivity contribution in [2.75, 3.05) is 0 Å². The van der Waals surface area contributed by atoms with Crippen molar-refractivity contribution in [3.05, 3.63) is 81.4 Å². The Labute approximate surface area is 165 Å². The van der Waals surface area contributed by atoms with Crippen molar-refractivity contribution >= 4 is 23.4 Å². The summed E-state index contributed by atoms with van der Waals surface area (Å²) in [4.78, 5) is 55.0. The summed E-state index contributed by atoms with van der Waals surface area (Å²) in [5.41, 5.74) is 1.70. The highest BCUT2D eigenvalue weighted by Crippen LogP contribution is 2.24. The molecule has 146 valence electrons. The average molecular weight is 391 g/mol. The summed E-state index contributed by atoms with van der Waals surface area (Å²) in [6.45, 7) is 2.97. The number of carbonyl (C=O) groups excluding carboxylic acids is 3. The monoisotopic (exact) mass is 391 g/mol. The van der Waals surface area contributed by atoms with Crippen molar-refractivity contribution in [3.8, 4) is 0 Å². The van der Waals surface area contributed by atoms with E-state index in [1.165, 1.54) is 17.4 Å². The topological polar surface area (TPSA) is 98.0 Å². The zero-order valence-corrected chi connectivity index (χ0v) is 15.8. The third-order valence-electron chi connectivity index (χ3n) is 4.85. The van der Waals surface area contributed by atoms with Crippen molar-refractivity contribution in [3.63, 3.8) is 0 Å². The Morgan fingerprint density at radius 3 is 2.34 bits per heavy atom. The fraction of sp³-hybridized carbons (Fsp3) is 0.190. The molecule has 3 heterocycles. The maximum Gasteiger partial charge on any atom is 0.329 e. The minimum atomic E-state index is -1.11. The first-order valence-electron chi connectivity index (χ1n) is 9.00. The molecule has 1 atom stereocenters.